The fourth-order valence-corrected chi connectivity index (χ4v) is 5.21. The quantitative estimate of drug-likeness (QED) is 0.231. The van der Waals surface area contributed by atoms with Crippen LogP contribution in [0.15, 0.2) is 59.5 Å². The fourth-order valence-electron chi connectivity index (χ4n) is 3.48. The number of hydrogen-bond acceptors (Lipinski definition) is 9. The van der Waals surface area contributed by atoms with E-state index in [1.165, 1.54) is 29.4 Å². The molecule has 0 aliphatic carbocycles. The van der Waals surface area contributed by atoms with Crippen molar-refractivity contribution in [2.24, 2.45) is 0 Å². The van der Waals surface area contributed by atoms with Crippen molar-refractivity contribution < 1.29 is 17.9 Å². The Morgan fingerprint density at radius 2 is 1.83 bits per heavy atom. The van der Waals surface area contributed by atoms with Crippen molar-refractivity contribution in [1.82, 2.24) is 20.0 Å². The highest BCUT2D eigenvalue weighted by atomic mass is 32.2. The minimum atomic E-state index is -3.36. The molecule has 0 radical (unpaired) electrons. The van der Waals surface area contributed by atoms with Gasteiger partial charge in [0.15, 0.2) is 20.5 Å². The number of carbonyl (C=O) groups excluding carboxylic acids is 1. The molecule has 182 valence electrons. The molecule has 0 amide bonds. The van der Waals surface area contributed by atoms with Gasteiger partial charge in [-0.25, -0.2) is 17.9 Å². The van der Waals surface area contributed by atoms with E-state index in [0.717, 1.165) is 11.3 Å². The van der Waals surface area contributed by atoms with Crippen LogP contribution in [0.25, 0.3) is 27.0 Å². The molecular formula is C24H24N4O4S3. The van der Waals surface area contributed by atoms with Gasteiger partial charge in [-0.1, -0.05) is 55.5 Å². The van der Waals surface area contributed by atoms with Crippen LogP contribution >= 0.6 is 23.1 Å². The number of carbonyl (C=O) groups is 1. The average Bonchev–Trinajstić information content (AvgIpc) is 3.50. The van der Waals surface area contributed by atoms with Gasteiger partial charge in [0.1, 0.15) is 16.6 Å². The fraction of sp³-hybridized carbons (Fsp3) is 0.250. The first-order chi connectivity index (χ1) is 16.7. The first kappa shape index (κ1) is 25.1. The summed E-state index contributed by atoms with van der Waals surface area (Å²) in [6.07, 6.45) is 3.01. The molecule has 4 rings (SSSR count). The highest BCUT2D eigenvalue weighted by Crippen LogP contribution is 2.34. The molecule has 35 heavy (non-hydrogen) atoms. The predicted molar refractivity (Wildman–Crippen MR) is 139 cm³/mol. The lowest BCUT2D eigenvalue weighted by atomic mass is 10.0. The molecule has 2 heterocycles. The molecule has 2 aromatic carbocycles. The molecule has 4 aromatic rings. The zero-order valence-electron chi connectivity index (χ0n) is 19.6. The summed E-state index contributed by atoms with van der Waals surface area (Å²) in [6, 6.07) is 16.1. The average molecular weight is 529 g/mol. The smallest absolute Gasteiger partial charge is 0.359 e. The molecule has 2 aromatic heterocycles. The monoisotopic (exact) mass is 528 g/mol. The van der Waals surface area contributed by atoms with E-state index in [2.05, 4.69) is 29.1 Å². The molecule has 11 heteroatoms. The maximum absolute atomic E-state index is 12.6. The van der Waals surface area contributed by atoms with Crippen molar-refractivity contribution >= 4 is 38.9 Å². The van der Waals surface area contributed by atoms with Gasteiger partial charge < -0.3 is 4.74 Å². The third-order valence-electron chi connectivity index (χ3n) is 5.17. The van der Waals surface area contributed by atoms with E-state index >= 15 is 0 Å². The normalized spacial score (nSPS) is 11.7. The van der Waals surface area contributed by atoms with E-state index < -0.39 is 15.8 Å². The number of nitrogens with zero attached hydrogens (tertiary/aromatic N) is 4. The summed E-state index contributed by atoms with van der Waals surface area (Å²) in [4.78, 5) is 12.8. The molecule has 0 aliphatic rings. The maximum Gasteiger partial charge on any atom is 0.359 e. The van der Waals surface area contributed by atoms with Crippen LogP contribution in [0.4, 0.5) is 0 Å². The van der Waals surface area contributed by atoms with Crippen LogP contribution in [0.1, 0.15) is 35.8 Å². The molecule has 8 nitrogen and oxygen atoms in total. The summed E-state index contributed by atoms with van der Waals surface area (Å²) >= 11 is 2.69. The van der Waals surface area contributed by atoms with Crippen molar-refractivity contribution in [1.29, 1.82) is 0 Å². The van der Waals surface area contributed by atoms with Crippen molar-refractivity contribution in [3.8, 4) is 27.0 Å². The van der Waals surface area contributed by atoms with E-state index in [1.807, 2.05) is 30.5 Å². The van der Waals surface area contributed by atoms with Crippen LogP contribution < -0.4 is 0 Å². The van der Waals surface area contributed by atoms with E-state index in [-0.39, 0.29) is 22.4 Å². The van der Waals surface area contributed by atoms with Gasteiger partial charge in [-0.15, -0.1) is 22.0 Å². The molecule has 0 saturated carbocycles. The second kappa shape index (κ2) is 10.3. The number of aromatic nitrogens is 4. The highest BCUT2D eigenvalue weighted by molar-refractivity contribution is 7.98. The maximum atomic E-state index is 12.6. The van der Waals surface area contributed by atoms with Crippen LogP contribution in [0, 0.1) is 0 Å². The number of ether oxygens (including phenoxy) is 1. The number of benzene rings is 2. The van der Waals surface area contributed by atoms with Gasteiger partial charge >= 0.3 is 5.97 Å². The molecule has 0 fully saturated rings. The standard InChI is InChI=1S/C24H24N4O4S3/c1-15(2)18-10-5-6-11-20(18)28-21(13-19(27-28)24(29)32-14-33-3)23-26-25-22(34-23)16-8-7-9-17(12-16)35(4,30)31/h5-13,15H,14H2,1-4H3. The van der Waals surface area contributed by atoms with E-state index in [4.69, 9.17) is 4.74 Å². The van der Waals surface area contributed by atoms with Gasteiger partial charge in [-0.2, -0.15) is 5.10 Å². The van der Waals surface area contributed by atoms with Crippen LogP contribution in [-0.4, -0.2) is 52.8 Å². The van der Waals surface area contributed by atoms with Crippen LogP contribution in [-0.2, 0) is 14.6 Å². The molecular weight excluding hydrogens is 504 g/mol. The summed E-state index contributed by atoms with van der Waals surface area (Å²) in [6.45, 7) is 4.18. The molecule has 0 N–H and O–H groups in total. The van der Waals surface area contributed by atoms with Gasteiger partial charge in [0, 0.05) is 17.9 Å². The van der Waals surface area contributed by atoms with E-state index in [1.54, 1.807) is 35.0 Å². The Balaban J connectivity index is 1.83. The first-order valence-electron chi connectivity index (χ1n) is 10.7. The second-order valence-electron chi connectivity index (χ2n) is 8.09. The Morgan fingerprint density at radius 1 is 1.09 bits per heavy atom. The zero-order valence-corrected chi connectivity index (χ0v) is 22.1. The number of thioether (sulfide) groups is 1. The van der Waals surface area contributed by atoms with E-state index in [9.17, 15) is 13.2 Å². The Bertz CT molecular complexity index is 1480. The van der Waals surface area contributed by atoms with Crippen molar-refractivity contribution in [3.63, 3.8) is 0 Å². The van der Waals surface area contributed by atoms with E-state index in [0.29, 0.717) is 21.3 Å². The second-order valence-corrected chi connectivity index (χ2v) is 11.9. The molecule has 0 atom stereocenters. The number of para-hydroxylation sites is 1. The third kappa shape index (κ3) is 5.47. The summed E-state index contributed by atoms with van der Waals surface area (Å²) in [5.74, 6) is -0.0747. The lowest BCUT2D eigenvalue weighted by Crippen LogP contribution is -2.08. The summed E-state index contributed by atoms with van der Waals surface area (Å²) in [5.41, 5.74) is 3.30. The van der Waals surface area contributed by atoms with Gasteiger partial charge in [-0.05, 0) is 35.9 Å². The number of hydrogen-bond donors (Lipinski definition) is 0. The number of rotatable bonds is 8. The predicted octanol–water partition coefficient (Wildman–Crippen LogP) is 5.06. The van der Waals surface area contributed by atoms with Crippen LogP contribution in [0.3, 0.4) is 0 Å². The SMILES string of the molecule is CSCOC(=O)c1cc(-c2nnc(-c3cccc(S(C)(=O)=O)c3)s2)n(-c2ccccc2C(C)C)n1. The summed E-state index contributed by atoms with van der Waals surface area (Å²) < 4.78 is 30.9. The summed E-state index contributed by atoms with van der Waals surface area (Å²) in [7, 11) is -3.36. The molecule has 0 aliphatic heterocycles. The Labute approximate surface area is 212 Å². The lowest BCUT2D eigenvalue weighted by molar-refractivity contribution is 0.0572. The third-order valence-corrected chi connectivity index (χ3v) is 7.63. The van der Waals surface area contributed by atoms with Crippen LogP contribution in [0.2, 0.25) is 0 Å². The minimum Gasteiger partial charge on any atom is -0.450 e. The molecule has 0 unspecified atom stereocenters. The Morgan fingerprint density at radius 3 is 2.54 bits per heavy atom. The van der Waals surface area contributed by atoms with Crippen molar-refractivity contribution in [2.75, 3.05) is 18.5 Å². The Kier molecular flexibility index (Phi) is 7.39. The first-order valence-corrected chi connectivity index (χ1v) is 14.8. The highest BCUT2D eigenvalue weighted by Gasteiger charge is 2.23. The number of esters is 1. The zero-order chi connectivity index (χ0) is 25.2. The molecule has 0 saturated heterocycles. The molecule has 0 spiro atoms. The summed E-state index contributed by atoms with van der Waals surface area (Å²) in [5, 5.41) is 14.3. The number of sulfone groups is 1. The van der Waals surface area contributed by atoms with Gasteiger partial charge in [0.25, 0.3) is 0 Å². The van der Waals surface area contributed by atoms with Crippen molar-refractivity contribution in [2.45, 2.75) is 24.7 Å². The minimum absolute atomic E-state index is 0.170. The van der Waals surface area contributed by atoms with Gasteiger partial charge in [-0.3, -0.25) is 0 Å². The largest absolute Gasteiger partial charge is 0.450 e. The Hall–Kier alpha value is -3.02. The molecule has 0 bridgehead atoms. The van der Waals surface area contributed by atoms with Crippen molar-refractivity contribution in [3.05, 3.63) is 65.9 Å². The van der Waals surface area contributed by atoms with Crippen LogP contribution in [0.5, 0.6) is 0 Å². The van der Waals surface area contributed by atoms with Gasteiger partial charge in [0.2, 0.25) is 0 Å². The topological polar surface area (TPSA) is 104 Å². The van der Waals surface area contributed by atoms with Gasteiger partial charge in [0.05, 0.1) is 10.6 Å². The lowest BCUT2D eigenvalue weighted by Gasteiger charge is -2.14.